The minimum absolute atomic E-state index is 0.664. The van der Waals surface area contributed by atoms with Gasteiger partial charge in [-0.15, -0.1) is 10.2 Å². The second-order valence-electron chi connectivity index (χ2n) is 4.80. The summed E-state index contributed by atoms with van der Waals surface area (Å²) in [6, 6.07) is 13.6. The van der Waals surface area contributed by atoms with Crippen molar-refractivity contribution in [2.24, 2.45) is 0 Å². The van der Waals surface area contributed by atoms with Crippen LogP contribution in [0.25, 0.3) is 0 Å². The second-order valence-corrected chi connectivity index (χ2v) is 7.82. The minimum Gasteiger partial charge on any atom is -0.330 e. The molecule has 0 unspecified atom stereocenters. The number of hydrogen-bond donors (Lipinski definition) is 1. The Bertz CT molecular complexity index is 800. The SMILES string of the molecule is Cc1ccccc1Nc1nnc(SCc2c(Cl)cccc2Cl)s1. The minimum atomic E-state index is 0.664. The van der Waals surface area contributed by atoms with Gasteiger partial charge in [0.15, 0.2) is 4.34 Å². The third-order valence-corrected chi connectivity index (χ3v) is 5.90. The number of para-hydroxylation sites is 1. The Morgan fingerprint density at radius 2 is 1.78 bits per heavy atom. The number of thioether (sulfide) groups is 1. The van der Waals surface area contributed by atoms with Gasteiger partial charge in [0.1, 0.15) is 0 Å². The van der Waals surface area contributed by atoms with Gasteiger partial charge in [0.25, 0.3) is 0 Å². The normalized spacial score (nSPS) is 10.7. The van der Waals surface area contributed by atoms with E-state index in [1.165, 1.54) is 16.9 Å². The highest BCUT2D eigenvalue weighted by Gasteiger charge is 2.10. The highest BCUT2D eigenvalue weighted by molar-refractivity contribution is 8.00. The maximum Gasteiger partial charge on any atom is 0.210 e. The fourth-order valence-corrected chi connectivity index (χ4v) is 4.46. The molecule has 0 aliphatic carbocycles. The molecular weight excluding hydrogens is 369 g/mol. The van der Waals surface area contributed by atoms with E-state index in [2.05, 4.69) is 28.5 Å². The van der Waals surface area contributed by atoms with Crippen LogP contribution in [0.3, 0.4) is 0 Å². The Morgan fingerprint density at radius 3 is 2.52 bits per heavy atom. The summed E-state index contributed by atoms with van der Waals surface area (Å²) < 4.78 is 0.872. The smallest absolute Gasteiger partial charge is 0.210 e. The van der Waals surface area contributed by atoms with Crippen LogP contribution >= 0.6 is 46.3 Å². The zero-order valence-electron chi connectivity index (χ0n) is 12.2. The molecule has 0 saturated heterocycles. The van der Waals surface area contributed by atoms with Gasteiger partial charge in [-0.3, -0.25) is 0 Å². The Hall–Kier alpha value is -1.27. The molecule has 0 saturated carbocycles. The number of rotatable bonds is 5. The van der Waals surface area contributed by atoms with Gasteiger partial charge in [-0.1, -0.05) is 70.6 Å². The molecule has 3 aromatic rings. The molecule has 0 aliphatic heterocycles. The Kier molecular flexibility index (Phi) is 5.43. The molecule has 3 rings (SSSR count). The first-order chi connectivity index (χ1) is 11.1. The average Bonchev–Trinajstić information content (AvgIpc) is 2.97. The Balaban J connectivity index is 1.67. The van der Waals surface area contributed by atoms with Gasteiger partial charge < -0.3 is 5.32 Å². The van der Waals surface area contributed by atoms with Crippen LogP contribution < -0.4 is 5.32 Å². The molecule has 0 radical (unpaired) electrons. The van der Waals surface area contributed by atoms with Gasteiger partial charge >= 0.3 is 0 Å². The predicted molar refractivity (Wildman–Crippen MR) is 100 cm³/mol. The monoisotopic (exact) mass is 381 g/mol. The standard InChI is InChI=1S/C16H13Cl2N3S2/c1-10-5-2-3-8-14(10)19-15-20-21-16(23-15)22-9-11-12(17)6-4-7-13(11)18/h2-8H,9H2,1H3,(H,19,20). The van der Waals surface area contributed by atoms with E-state index >= 15 is 0 Å². The molecule has 0 amide bonds. The molecule has 1 aromatic heterocycles. The van der Waals surface area contributed by atoms with Crippen LogP contribution in [0.2, 0.25) is 10.0 Å². The van der Waals surface area contributed by atoms with Crippen LogP contribution in [0.15, 0.2) is 46.8 Å². The first-order valence-corrected chi connectivity index (χ1v) is 9.41. The summed E-state index contributed by atoms with van der Waals surface area (Å²) in [6.07, 6.45) is 0. The lowest BCUT2D eigenvalue weighted by atomic mass is 10.2. The molecule has 23 heavy (non-hydrogen) atoms. The molecule has 2 aromatic carbocycles. The first kappa shape index (κ1) is 16.6. The third kappa shape index (κ3) is 4.18. The van der Waals surface area contributed by atoms with E-state index in [0.717, 1.165) is 20.7 Å². The van der Waals surface area contributed by atoms with Crippen molar-refractivity contribution in [2.75, 3.05) is 5.32 Å². The number of nitrogens with one attached hydrogen (secondary N) is 1. The maximum absolute atomic E-state index is 6.18. The van der Waals surface area contributed by atoms with E-state index in [1.807, 2.05) is 36.4 Å². The van der Waals surface area contributed by atoms with Crippen molar-refractivity contribution in [3.05, 3.63) is 63.6 Å². The van der Waals surface area contributed by atoms with Crippen molar-refractivity contribution in [1.29, 1.82) is 0 Å². The van der Waals surface area contributed by atoms with Gasteiger partial charge in [0.2, 0.25) is 5.13 Å². The third-order valence-electron chi connectivity index (χ3n) is 3.19. The van der Waals surface area contributed by atoms with E-state index < -0.39 is 0 Å². The fraction of sp³-hybridized carbons (Fsp3) is 0.125. The van der Waals surface area contributed by atoms with Crippen LogP contribution in [0.1, 0.15) is 11.1 Å². The van der Waals surface area contributed by atoms with Gasteiger partial charge in [0, 0.05) is 21.5 Å². The number of aromatic nitrogens is 2. The molecule has 0 spiro atoms. The van der Waals surface area contributed by atoms with E-state index in [0.29, 0.717) is 15.8 Å². The number of halogens is 2. The van der Waals surface area contributed by atoms with E-state index in [9.17, 15) is 0 Å². The average molecular weight is 382 g/mol. The van der Waals surface area contributed by atoms with E-state index in [1.54, 1.807) is 11.8 Å². The molecular formula is C16H13Cl2N3S2. The quantitative estimate of drug-likeness (QED) is 0.534. The summed E-state index contributed by atoms with van der Waals surface area (Å²) in [6.45, 7) is 2.05. The van der Waals surface area contributed by atoms with Gasteiger partial charge in [0.05, 0.1) is 0 Å². The number of aryl methyl sites for hydroxylation is 1. The summed E-state index contributed by atoms with van der Waals surface area (Å²) in [5.74, 6) is 0.664. The lowest BCUT2D eigenvalue weighted by Gasteiger charge is -2.05. The van der Waals surface area contributed by atoms with Crippen molar-refractivity contribution in [3.8, 4) is 0 Å². The molecule has 1 N–H and O–H groups in total. The topological polar surface area (TPSA) is 37.8 Å². The summed E-state index contributed by atoms with van der Waals surface area (Å²) in [5, 5.41) is 13.8. The zero-order chi connectivity index (χ0) is 16.2. The van der Waals surface area contributed by atoms with Crippen LogP contribution in [0.5, 0.6) is 0 Å². The maximum atomic E-state index is 6.18. The Labute approximate surface area is 153 Å². The predicted octanol–water partition coefficient (Wildman–Crippen LogP) is 6.19. The van der Waals surface area contributed by atoms with Crippen LogP contribution in [0.4, 0.5) is 10.8 Å². The first-order valence-electron chi connectivity index (χ1n) is 6.85. The van der Waals surface area contributed by atoms with Crippen molar-refractivity contribution in [1.82, 2.24) is 10.2 Å². The molecule has 7 heteroatoms. The summed E-state index contributed by atoms with van der Waals surface area (Å²) in [5.41, 5.74) is 3.12. The van der Waals surface area contributed by atoms with Crippen molar-refractivity contribution < 1.29 is 0 Å². The largest absolute Gasteiger partial charge is 0.330 e. The fourth-order valence-electron chi connectivity index (χ4n) is 1.95. The highest BCUT2D eigenvalue weighted by atomic mass is 35.5. The van der Waals surface area contributed by atoms with Gasteiger partial charge in [-0.05, 0) is 36.2 Å². The molecule has 118 valence electrons. The van der Waals surface area contributed by atoms with Crippen molar-refractivity contribution >= 4 is 57.1 Å². The molecule has 0 aliphatic rings. The lowest BCUT2D eigenvalue weighted by molar-refractivity contribution is 1.01. The van der Waals surface area contributed by atoms with Crippen molar-refractivity contribution in [2.45, 2.75) is 17.0 Å². The van der Waals surface area contributed by atoms with Crippen LogP contribution in [-0.2, 0) is 5.75 Å². The van der Waals surface area contributed by atoms with E-state index in [-0.39, 0.29) is 0 Å². The molecule has 1 heterocycles. The number of benzene rings is 2. The van der Waals surface area contributed by atoms with Crippen LogP contribution in [-0.4, -0.2) is 10.2 Å². The number of nitrogens with zero attached hydrogens (tertiary/aromatic N) is 2. The summed E-state index contributed by atoms with van der Waals surface area (Å²) in [4.78, 5) is 0. The molecule has 0 bridgehead atoms. The second kappa shape index (κ2) is 7.53. The Morgan fingerprint density at radius 1 is 1.04 bits per heavy atom. The van der Waals surface area contributed by atoms with Crippen molar-refractivity contribution in [3.63, 3.8) is 0 Å². The summed E-state index contributed by atoms with van der Waals surface area (Å²) >= 11 is 15.5. The van der Waals surface area contributed by atoms with E-state index in [4.69, 9.17) is 23.2 Å². The zero-order valence-corrected chi connectivity index (χ0v) is 15.4. The van der Waals surface area contributed by atoms with Gasteiger partial charge in [-0.25, -0.2) is 0 Å². The molecule has 3 nitrogen and oxygen atoms in total. The number of hydrogen-bond acceptors (Lipinski definition) is 5. The highest BCUT2D eigenvalue weighted by Crippen LogP contribution is 2.34. The lowest BCUT2D eigenvalue weighted by Crippen LogP contribution is -1.91. The molecule has 0 fully saturated rings. The van der Waals surface area contributed by atoms with Gasteiger partial charge in [-0.2, -0.15) is 0 Å². The van der Waals surface area contributed by atoms with Crippen LogP contribution in [0, 0.1) is 6.92 Å². The number of anilines is 2. The summed E-state index contributed by atoms with van der Waals surface area (Å²) in [7, 11) is 0. The molecule has 0 atom stereocenters.